The van der Waals surface area contributed by atoms with Gasteiger partial charge in [-0.25, -0.2) is 4.31 Å². The van der Waals surface area contributed by atoms with E-state index in [1.165, 1.54) is 11.9 Å². The molecule has 0 saturated heterocycles. The highest BCUT2D eigenvalue weighted by Gasteiger charge is 2.45. The minimum atomic E-state index is -4.72. The molecule has 0 radical (unpaired) electrons. The monoisotopic (exact) mass is 418 g/mol. The lowest BCUT2D eigenvalue weighted by Gasteiger charge is -2.43. The number of anilines is 1. The molecule has 0 bridgehead atoms. The third-order valence-electron chi connectivity index (χ3n) is 4.68. The Labute approximate surface area is 164 Å². The second-order valence-corrected chi connectivity index (χ2v) is 7.94. The number of benzene rings is 1. The van der Waals surface area contributed by atoms with E-state index in [0.29, 0.717) is 16.5 Å². The Morgan fingerprint density at radius 1 is 1.29 bits per heavy atom. The number of allylic oxidation sites excluding steroid dienone is 1. The van der Waals surface area contributed by atoms with Crippen LogP contribution in [-0.4, -0.2) is 57.2 Å². The molecule has 11 heteroatoms. The molecule has 4 N–H and O–H groups in total. The molecule has 1 aromatic carbocycles. The third kappa shape index (κ3) is 3.43. The number of amides is 1. The molecule has 0 aromatic heterocycles. The number of hydrogen-bond donors (Lipinski definition) is 3. The largest absolute Gasteiger partial charge is 0.431 e. The molecule has 28 heavy (non-hydrogen) atoms. The van der Waals surface area contributed by atoms with Crippen LogP contribution < -0.4 is 10.6 Å². The van der Waals surface area contributed by atoms with Crippen LogP contribution in [0.15, 0.2) is 34.9 Å². The Morgan fingerprint density at radius 3 is 2.46 bits per heavy atom. The number of aliphatic hydroxyl groups is 2. The topological polar surface area (TPSA) is 93.3 Å². The van der Waals surface area contributed by atoms with Crippen LogP contribution in [0, 0.1) is 0 Å². The van der Waals surface area contributed by atoms with E-state index in [9.17, 15) is 28.2 Å². The Bertz CT molecular complexity index is 817. The number of aliphatic hydroxyl groups excluding tert-OH is 2. The summed E-state index contributed by atoms with van der Waals surface area (Å²) in [6.45, 7) is 3.82. The Kier molecular flexibility index (Phi) is 5.30. The van der Waals surface area contributed by atoms with Gasteiger partial charge in [-0.3, -0.25) is 9.69 Å². The number of fused-ring (bicyclic) bond motifs is 1. The highest BCUT2D eigenvalue weighted by atomic mass is 32.2. The fourth-order valence-electron chi connectivity index (χ4n) is 3.35. The summed E-state index contributed by atoms with van der Waals surface area (Å²) in [5.74, 6) is -0.562. The molecule has 0 spiro atoms. The lowest BCUT2D eigenvalue weighted by atomic mass is 10.0. The van der Waals surface area contributed by atoms with Crippen LogP contribution in [0.1, 0.15) is 25.5 Å². The molecule has 0 aliphatic carbocycles. The molecule has 2 aliphatic rings. The minimum absolute atomic E-state index is 0.00734. The van der Waals surface area contributed by atoms with Crippen LogP contribution in [0.2, 0.25) is 0 Å². The summed E-state index contributed by atoms with van der Waals surface area (Å²) in [7, 11) is 1.08. The van der Waals surface area contributed by atoms with Crippen molar-refractivity contribution in [3.8, 4) is 0 Å². The number of carbonyl (C=O) groups is 1. The van der Waals surface area contributed by atoms with Gasteiger partial charge in [-0.1, -0.05) is 0 Å². The van der Waals surface area contributed by atoms with Gasteiger partial charge in [0.1, 0.15) is 11.7 Å². The fourth-order valence-corrected chi connectivity index (χ4v) is 4.51. The lowest BCUT2D eigenvalue weighted by molar-refractivity contribution is -0.133. The van der Waals surface area contributed by atoms with Crippen molar-refractivity contribution < 1.29 is 28.2 Å². The average molecular weight is 418 g/mol. The number of halogens is 3. The van der Waals surface area contributed by atoms with Gasteiger partial charge in [0, 0.05) is 23.7 Å². The highest BCUT2D eigenvalue weighted by Crippen LogP contribution is 2.47. The molecule has 2 heterocycles. The van der Waals surface area contributed by atoms with Gasteiger partial charge in [0.25, 0.3) is 0 Å². The molecule has 7 nitrogen and oxygen atoms in total. The van der Waals surface area contributed by atoms with E-state index in [4.69, 9.17) is 5.73 Å². The van der Waals surface area contributed by atoms with E-state index in [-0.39, 0.29) is 11.7 Å². The van der Waals surface area contributed by atoms with Crippen LogP contribution >= 0.6 is 11.9 Å². The maximum atomic E-state index is 13.1. The molecule has 3 atom stereocenters. The summed E-state index contributed by atoms with van der Waals surface area (Å²) in [6, 6.07) is 4.11. The predicted octanol–water partition coefficient (Wildman–Crippen LogP) is 1.74. The molecule has 2 aliphatic heterocycles. The van der Waals surface area contributed by atoms with Crippen molar-refractivity contribution in [1.82, 2.24) is 9.21 Å². The second-order valence-electron chi connectivity index (χ2n) is 6.90. The summed E-state index contributed by atoms with van der Waals surface area (Å²) in [5.41, 5.74) is 5.27. The summed E-state index contributed by atoms with van der Waals surface area (Å²) in [5, 5.41) is 20.7. The summed E-state index contributed by atoms with van der Waals surface area (Å²) in [4.78, 5) is 14.4. The van der Waals surface area contributed by atoms with Crippen molar-refractivity contribution in [2.45, 2.75) is 49.6 Å². The maximum absolute atomic E-state index is 13.1. The van der Waals surface area contributed by atoms with Gasteiger partial charge in [-0.2, -0.15) is 13.2 Å². The Hall–Kier alpha value is -1.95. The van der Waals surface area contributed by atoms with E-state index in [1.54, 1.807) is 18.2 Å². The Balaban J connectivity index is 2.01. The summed E-state index contributed by atoms with van der Waals surface area (Å²) < 4.78 is 41.1. The van der Waals surface area contributed by atoms with Crippen molar-refractivity contribution in [2.75, 3.05) is 11.9 Å². The molecule has 1 amide bonds. The normalized spacial score (nSPS) is 25.9. The van der Waals surface area contributed by atoms with Gasteiger partial charge in [0.05, 0.1) is 0 Å². The van der Waals surface area contributed by atoms with Crippen molar-refractivity contribution in [1.29, 1.82) is 0 Å². The number of primary amides is 1. The molecule has 0 fully saturated rings. The lowest BCUT2D eigenvalue weighted by Crippen LogP contribution is -2.56. The third-order valence-corrected chi connectivity index (χ3v) is 6.09. The first-order valence-corrected chi connectivity index (χ1v) is 9.26. The van der Waals surface area contributed by atoms with Gasteiger partial charge in [0.2, 0.25) is 12.3 Å². The van der Waals surface area contributed by atoms with Crippen LogP contribution in [0.3, 0.4) is 0 Å². The van der Waals surface area contributed by atoms with Crippen LogP contribution in [-0.2, 0) is 4.79 Å². The zero-order chi connectivity index (χ0) is 21.0. The van der Waals surface area contributed by atoms with E-state index >= 15 is 0 Å². The molecule has 3 rings (SSSR count). The van der Waals surface area contributed by atoms with Crippen molar-refractivity contribution in [2.24, 2.45) is 5.73 Å². The van der Waals surface area contributed by atoms with Gasteiger partial charge in [-0.15, -0.1) is 0 Å². The summed E-state index contributed by atoms with van der Waals surface area (Å²) in [6.07, 6.45) is -7.55. The van der Waals surface area contributed by atoms with Crippen LogP contribution in [0.5, 0.6) is 0 Å². The molecule has 1 aromatic rings. The number of carbonyl (C=O) groups excluding carboxylic acids is 1. The van der Waals surface area contributed by atoms with Gasteiger partial charge in [0.15, 0.2) is 6.23 Å². The average Bonchev–Trinajstić information content (AvgIpc) is 2.96. The SMILES string of the molecule is CC(C)N1Sc2ccc(N3C(O)C=C(C(F)(F)F)N(C)C3O)cc2C1C(N)=O. The zero-order valence-corrected chi connectivity index (χ0v) is 16.2. The zero-order valence-electron chi connectivity index (χ0n) is 15.4. The number of nitrogens with two attached hydrogens (primary N) is 1. The molecular formula is C17H21F3N4O3S. The van der Waals surface area contributed by atoms with Gasteiger partial charge < -0.3 is 20.8 Å². The van der Waals surface area contributed by atoms with Crippen molar-refractivity contribution >= 4 is 23.5 Å². The first-order chi connectivity index (χ1) is 12.9. The van der Waals surface area contributed by atoms with E-state index in [0.717, 1.165) is 16.8 Å². The second kappa shape index (κ2) is 7.14. The highest BCUT2D eigenvalue weighted by molar-refractivity contribution is 7.97. The van der Waals surface area contributed by atoms with E-state index in [2.05, 4.69) is 0 Å². The number of hydrogen-bond acceptors (Lipinski definition) is 7. The predicted molar refractivity (Wildman–Crippen MR) is 97.6 cm³/mol. The van der Waals surface area contributed by atoms with Crippen molar-refractivity contribution in [3.63, 3.8) is 0 Å². The number of rotatable bonds is 3. The molecule has 154 valence electrons. The summed E-state index contributed by atoms with van der Waals surface area (Å²) >= 11 is 1.36. The van der Waals surface area contributed by atoms with Crippen molar-refractivity contribution in [3.05, 3.63) is 35.5 Å². The van der Waals surface area contributed by atoms with E-state index < -0.39 is 36.4 Å². The smallest absolute Gasteiger partial charge is 0.370 e. The number of alkyl halides is 3. The molecular weight excluding hydrogens is 397 g/mol. The molecule has 0 saturated carbocycles. The van der Waals surface area contributed by atoms with E-state index in [1.807, 2.05) is 18.2 Å². The standard InChI is InChI=1S/C17H21F3N4O3S/c1-8(2)24-14(15(21)26)10-6-9(4-5-11(10)28-24)23-13(25)7-12(17(18,19)20)22(3)16(23)27/h4-8,13-14,16,25,27H,1-3H3,(H2,21,26). The first kappa shape index (κ1) is 20.8. The first-order valence-electron chi connectivity index (χ1n) is 8.49. The van der Waals surface area contributed by atoms with Crippen LogP contribution in [0.4, 0.5) is 18.9 Å². The Morgan fingerprint density at radius 2 is 1.93 bits per heavy atom. The minimum Gasteiger partial charge on any atom is -0.370 e. The number of nitrogens with zero attached hydrogens (tertiary/aromatic N) is 3. The van der Waals surface area contributed by atoms with Gasteiger partial charge in [-0.05, 0) is 55.6 Å². The van der Waals surface area contributed by atoms with Crippen LogP contribution in [0.25, 0.3) is 0 Å². The fraction of sp³-hybridized carbons (Fsp3) is 0.471. The van der Waals surface area contributed by atoms with Gasteiger partial charge >= 0.3 is 6.18 Å². The quantitative estimate of drug-likeness (QED) is 0.644. The maximum Gasteiger partial charge on any atom is 0.431 e. The molecule has 3 unspecified atom stereocenters.